The summed E-state index contributed by atoms with van der Waals surface area (Å²) in [4.78, 5) is 25.9. The van der Waals surface area contributed by atoms with Gasteiger partial charge in [0.2, 0.25) is 5.91 Å². The molecule has 4 rings (SSSR count). The molecule has 3 heterocycles. The lowest BCUT2D eigenvalue weighted by molar-refractivity contribution is -0.115. The van der Waals surface area contributed by atoms with Crippen molar-refractivity contribution in [2.75, 3.05) is 5.32 Å². The highest BCUT2D eigenvalue weighted by Crippen LogP contribution is 2.23. The van der Waals surface area contributed by atoms with Crippen LogP contribution in [0.15, 0.2) is 69.4 Å². The van der Waals surface area contributed by atoms with Gasteiger partial charge in [0.15, 0.2) is 5.16 Å². The first-order chi connectivity index (χ1) is 15.0. The van der Waals surface area contributed by atoms with Gasteiger partial charge in [0.1, 0.15) is 17.8 Å². The molecule has 1 amide bonds. The summed E-state index contributed by atoms with van der Waals surface area (Å²) in [5.41, 5.74) is 1.38. The maximum atomic E-state index is 13.0. The zero-order valence-electron chi connectivity index (χ0n) is 17.3. The molecule has 0 fully saturated rings. The summed E-state index contributed by atoms with van der Waals surface area (Å²) in [7, 11) is 1.79. The second-order valence-corrected chi connectivity index (χ2v) is 8.31. The normalized spacial score (nSPS) is 12.1. The maximum Gasteiger partial charge on any atom is 0.295 e. The molecular weight excluding hydrogens is 416 g/mol. The number of para-hydroxylation sites is 1. The van der Waals surface area contributed by atoms with Gasteiger partial charge in [0, 0.05) is 7.05 Å². The van der Waals surface area contributed by atoms with Crippen molar-refractivity contribution in [3.63, 3.8) is 0 Å². The molecule has 1 N–H and O–H groups in total. The molecule has 0 spiro atoms. The van der Waals surface area contributed by atoms with E-state index in [1.54, 1.807) is 38.2 Å². The van der Waals surface area contributed by atoms with Crippen molar-refractivity contribution in [3.05, 3.63) is 76.9 Å². The van der Waals surface area contributed by atoms with Gasteiger partial charge in [-0.2, -0.15) is 0 Å². The standard InChI is InChI=1S/C21H22N6O3S/c1-14-18(20(29)27(25(14)3)16-8-5-4-6-9-16)23-19(28)15(2)31-21-24-22-13-26(21)12-17-10-7-11-30-17/h4-11,13,15H,12H2,1-3H3,(H,23,28). The third-order valence-corrected chi connectivity index (χ3v) is 6.03. The summed E-state index contributed by atoms with van der Waals surface area (Å²) in [5.74, 6) is 0.476. The number of carbonyl (C=O) groups is 1. The highest BCUT2D eigenvalue weighted by molar-refractivity contribution is 8.00. The minimum absolute atomic E-state index is 0.265. The van der Waals surface area contributed by atoms with Gasteiger partial charge in [0.25, 0.3) is 5.56 Å². The predicted octanol–water partition coefficient (Wildman–Crippen LogP) is 2.84. The monoisotopic (exact) mass is 438 g/mol. The highest BCUT2D eigenvalue weighted by Gasteiger charge is 2.23. The maximum absolute atomic E-state index is 13.0. The zero-order chi connectivity index (χ0) is 22.0. The van der Waals surface area contributed by atoms with E-state index in [2.05, 4.69) is 15.5 Å². The predicted molar refractivity (Wildman–Crippen MR) is 118 cm³/mol. The molecule has 3 aromatic heterocycles. The molecule has 0 saturated heterocycles. The van der Waals surface area contributed by atoms with E-state index in [1.165, 1.54) is 16.4 Å². The van der Waals surface area contributed by atoms with Crippen LogP contribution < -0.4 is 10.9 Å². The number of furan rings is 1. The molecule has 1 aromatic carbocycles. The second-order valence-electron chi connectivity index (χ2n) is 7.01. The fraction of sp³-hybridized carbons (Fsp3) is 0.238. The lowest BCUT2D eigenvalue weighted by Gasteiger charge is -2.11. The van der Waals surface area contributed by atoms with Crippen LogP contribution in [0.4, 0.5) is 5.69 Å². The molecule has 31 heavy (non-hydrogen) atoms. The van der Waals surface area contributed by atoms with Gasteiger partial charge in [-0.25, -0.2) is 4.68 Å². The summed E-state index contributed by atoms with van der Waals surface area (Å²) < 4.78 is 10.4. The Morgan fingerprint density at radius 2 is 2.00 bits per heavy atom. The lowest BCUT2D eigenvalue weighted by atomic mass is 10.3. The molecule has 160 valence electrons. The molecule has 9 nitrogen and oxygen atoms in total. The molecule has 4 aromatic rings. The van der Waals surface area contributed by atoms with Crippen molar-refractivity contribution in [1.29, 1.82) is 0 Å². The van der Waals surface area contributed by atoms with Crippen molar-refractivity contribution in [2.45, 2.75) is 30.8 Å². The van der Waals surface area contributed by atoms with Crippen molar-refractivity contribution in [2.24, 2.45) is 7.05 Å². The number of hydrogen-bond donors (Lipinski definition) is 1. The fourth-order valence-electron chi connectivity index (χ4n) is 3.16. The Morgan fingerprint density at radius 1 is 1.23 bits per heavy atom. The number of nitrogens with zero attached hydrogens (tertiary/aromatic N) is 5. The van der Waals surface area contributed by atoms with E-state index in [1.807, 2.05) is 47.0 Å². The Morgan fingerprint density at radius 3 is 2.71 bits per heavy atom. The van der Waals surface area contributed by atoms with E-state index in [9.17, 15) is 9.59 Å². The minimum atomic E-state index is -0.497. The van der Waals surface area contributed by atoms with Crippen LogP contribution in [0.1, 0.15) is 18.4 Å². The molecule has 0 aliphatic rings. The minimum Gasteiger partial charge on any atom is -0.467 e. The Kier molecular flexibility index (Phi) is 5.81. The molecule has 1 unspecified atom stereocenters. The van der Waals surface area contributed by atoms with Gasteiger partial charge in [-0.1, -0.05) is 30.0 Å². The third kappa shape index (κ3) is 4.19. The number of amides is 1. The Bertz CT molecular complexity index is 1240. The average molecular weight is 439 g/mol. The number of hydrogen-bond acceptors (Lipinski definition) is 6. The average Bonchev–Trinajstić information content (AvgIpc) is 3.48. The molecule has 0 bridgehead atoms. The van der Waals surface area contributed by atoms with E-state index in [-0.39, 0.29) is 17.2 Å². The third-order valence-electron chi connectivity index (χ3n) is 4.94. The van der Waals surface area contributed by atoms with Crippen LogP contribution in [-0.4, -0.2) is 35.3 Å². The van der Waals surface area contributed by atoms with Gasteiger partial charge in [-0.15, -0.1) is 10.2 Å². The largest absolute Gasteiger partial charge is 0.467 e. The van der Waals surface area contributed by atoms with Gasteiger partial charge in [-0.05, 0) is 38.1 Å². The Hall–Kier alpha value is -3.53. The van der Waals surface area contributed by atoms with E-state index in [0.29, 0.717) is 17.4 Å². The lowest BCUT2D eigenvalue weighted by Crippen LogP contribution is -2.27. The smallest absolute Gasteiger partial charge is 0.295 e. The molecule has 10 heteroatoms. The van der Waals surface area contributed by atoms with Crippen LogP contribution >= 0.6 is 11.8 Å². The number of benzene rings is 1. The van der Waals surface area contributed by atoms with Crippen LogP contribution in [0.3, 0.4) is 0 Å². The summed E-state index contributed by atoms with van der Waals surface area (Å²) in [5, 5.41) is 10.9. The van der Waals surface area contributed by atoms with Gasteiger partial charge >= 0.3 is 0 Å². The topological polar surface area (TPSA) is 99.9 Å². The second kappa shape index (κ2) is 8.68. The van der Waals surface area contributed by atoms with Gasteiger partial charge in [0.05, 0.1) is 29.4 Å². The molecule has 0 aliphatic carbocycles. The van der Waals surface area contributed by atoms with E-state index in [0.717, 1.165) is 11.4 Å². The molecule has 0 aliphatic heterocycles. The van der Waals surface area contributed by atoms with E-state index in [4.69, 9.17) is 4.42 Å². The van der Waals surface area contributed by atoms with Crippen molar-refractivity contribution < 1.29 is 9.21 Å². The van der Waals surface area contributed by atoms with Crippen LogP contribution in [0.25, 0.3) is 5.69 Å². The van der Waals surface area contributed by atoms with E-state index >= 15 is 0 Å². The number of aromatic nitrogens is 5. The van der Waals surface area contributed by atoms with Crippen LogP contribution in [-0.2, 0) is 18.4 Å². The van der Waals surface area contributed by atoms with Gasteiger partial charge < -0.3 is 14.3 Å². The summed E-state index contributed by atoms with van der Waals surface area (Å²) in [6.45, 7) is 4.03. The zero-order valence-corrected chi connectivity index (χ0v) is 18.2. The summed E-state index contributed by atoms with van der Waals surface area (Å²) in [6.07, 6.45) is 3.20. The molecular formula is C21H22N6O3S. The fourth-order valence-corrected chi connectivity index (χ4v) is 3.99. The number of anilines is 1. The van der Waals surface area contributed by atoms with Crippen LogP contribution in [0, 0.1) is 6.92 Å². The van der Waals surface area contributed by atoms with Gasteiger partial charge in [-0.3, -0.25) is 14.3 Å². The molecule has 1 atom stereocenters. The number of rotatable bonds is 7. The van der Waals surface area contributed by atoms with Crippen LogP contribution in [0.2, 0.25) is 0 Å². The summed E-state index contributed by atoms with van der Waals surface area (Å²) in [6, 6.07) is 13.0. The Balaban J connectivity index is 1.51. The summed E-state index contributed by atoms with van der Waals surface area (Å²) >= 11 is 1.27. The number of thioether (sulfide) groups is 1. The van der Waals surface area contributed by atoms with E-state index < -0.39 is 5.25 Å². The highest BCUT2D eigenvalue weighted by atomic mass is 32.2. The Labute approximate surface area is 182 Å². The SMILES string of the molecule is Cc1c(NC(=O)C(C)Sc2nncn2Cc2ccco2)c(=O)n(-c2ccccc2)n1C. The first kappa shape index (κ1) is 20.7. The number of carbonyl (C=O) groups excluding carboxylic acids is 1. The first-order valence-electron chi connectivity index (χ1n) is 9.67. The van der Waals surface area contributed by atoms with Crippen molar-refractivity contribution >= 4 is 23.4 Å². The number of nitrogens with one attached hydrogen (secondary N) is 1. The van der Waals surface area contributed by atoms with Crippen molar-refractivity contribution in [3.8, 4) is 5.69 Å². The molecule has 0 radical (unpaired) electrons. The van der Waals surface area contributed by atoms with Crippen molar-refractivity contribution in [1.82, 2.24) is 24.1 Å². The molecule has 0 saturated carbocycles. The quantitative estimate of drug-likeness (QED) is 0.446. The first-order valence-corrected chi connectivity index (χ1v) is 10.6. The van der Waals surface area contributed by atoms with Crippen LogP contribution in [0.5, 0.6) is 0 Å².